The van der Waals surface area contributed by atoms with Crippen molar-refractivity contribution in [1.29, 1.82) is 0 Å². The van der Waals surface area contributed by atoms with Gasteiger partial charge in [0, 0.05) is 19.2 Å². The van der Waals surface area contributed by atoms with Gasteiger partial charge in [-0.05, 0) is 12.1 Å². The minimum absolute atomic E-state index is 0.0773. The van der Waals surface area contributed by atoms with Crippen LogP contribution < -0.4 is 4.72 Å². The van der Waals surface area contributed by atoms with E-state index < -0.39 is 10.0 Å². The number of halogens is 1. The summed E-state index contributed by atoms with van der Waals surface area (Å²) in [6.07, 6.45) is 3.12. The highest BCUT2D eigenvalue weighted by Crippen LogP contribution is 2.22. The van der Waals surface area contributed by atoms with E-state index >= 15 is 0 Å². The molecule has 3 aromatic rings. The summed E-state index contributed by atoms with van der Waals surface area (Å²) < 4.78 is 33.3. The van der Waals surface area contributed by atoms with Gasteiger partial charge in [0.25, 0.3) is 10.0 Å². The Bertz CT molecular complexity index is 859. The van der Waals surface area contributed by atoms with Gasteiger partial charge < -0.3 is 4.52 Å². The Hall–Kier alpha value is -1.97. The lowest BCUT2D eigenvalue weighted by atomic mass is 10.4. The number of fused-ring (bicyclic) bond motifs is 1. The van der Waals surface area contributed by atoms with Gasteiger partial charge in [-0.2, -0.15) is 4.98 Å². The third-order valence-corrected chi connectivity index (χ3v) is 4.60. The highest BCUT2D eigenvalue weighted by Gasteiger charge is 2.23. The molecule has 8 nitrogen and oxygen atoms in total. The summed E-state index contributed by atoms with van der Waals surface area (Å²) in [6, 6.07) is 5.11. The Morgan fingerprint density at radius 2 is 2.24 bits per heavy atom. The number of nitrogens with one attached hydrogen (secondary N) is 1. The van der Waals surface area contributed by atoms with Crippen LogP contribution in [0.15, 0.2) is 40.3 Å². The number of imidazole rings is 1. The molecule has 3 rings (SSSR count). The van der Waals surface area contributed by atoms with E-state index in [9.17, 15) is 8.42 Å². The van der Waals surface area contributed by atoms with E-state index in [1.165, 1.54) is 10.7 Å². The molecule has 0 aliphatic carbocycles. The van der Waals surface area contributed by atoms with Gasteiger partial charge in [-0.3, -0.25) is 4.40 Å². The molecular formula is C11H10ClN5O3S. The van der Waals surface area contributed by atoms with Gasteiger partial charge in [0.15, 0.2) is 16.5 Å². The summed E-state index contributed by atoms with van der Waals surface area (Å²) in [5, 5.41) is 3.27. The number of nitrogens with zero attached hydrogens (tertiary/aromatic N) is 4. The summed E-state index contributed by atoms with van der Waals surface area (Å²) in [5.74, 6) is 0.349. The van der Waals surface area contributed by atoms with Gasteiger partial charge in [0.2, 0.25) is 5.89 Å². The van der Waals surface area contributed by atoms with Gasteiger partial charge in [-0.15, -0.1) is 0 Å². The monoisotopic (exact) mass is 327 g/mol. The van der Waals surface area contributed by atoms with Crippen molar-refractivity contribution < 1.29 is 12.9 Å². The average Bonchev–Trinajstić information content (AvgIpc) is 3.04. The maximum absolute atomic E-state index is 12.3. The third-order valence-electron chi connectivity index (χ3n) is 2.74. The van der Waals surface area contributed by atoms with E-state index in [0.29, 0.717) is 11.5 Å². The van der Waals surface area contributed by atoms with Gasteiger partial charge in [0.1, 0.15) is 5.65 Å². The zero-order chi connectivity index (χ0) is 14.9. The van der Waals surface area contributed by atoms with Gasteiger partial charge >= 0.3 is 0 Å². The zero-order valence-electron chi connectivity index (χ0n) is 10.6. The minimum atomic E-state index is -3.80. The quantitative estimate of drug-likeness (QED) is 0.746. The minimum Gasteiger partial charge on any atom is -0.340 e. The Labute approximate surface area is 124 Å². The van der Waals surface area contributed by atoms with Gasteiger partial charge in [-0.25, -0.2) is 18.1 Å². The van der Waals surface area contributed by atoms with Crippen LogP contribution in [0.4, 0.5) is 0 Å². The van der Waals surface area contributed by atoms with Crippen molar-refractivity contribution in [3.63, 3.8) is 0 Å². The molecule has 0 aliphatic heterocycles. The smallest absolute Gasteiger partial charge is 0.259 e. The molecule has 3 aromatic heterocycles. The normalized spacial score (nSPS) is 12.0. The van der Waals surface area contributed by atoms with Crippen molar-refractivity contribution in [2.75, 3.05) is 6.54 Å². The SMILES string of the molecule is O=S(=O)(NCCc1ncno1)c1c(Cl)nc2ccccn12. The first-order valence-electron chi connectivity index (χ1n) is 5.96. The van der Waals surface area contributed by atoms with Crippen molar-refractivity contribution in [3.05, 3.63) is 41.8 Å². The molecule has 1 N–H and O–H groups in total. The van der Waals surface area contributed by atoms with Crippen molar-refractivity contribution in [2.45, 2.75) is 11.4 Å². The summed E-state index contributed by atoms with van der Waals surface area (Å²) in [6.45, 7) is 0.112. The van der Waals surface area contributed by atoms with Crippen LogP contribution >= 0.6 is 11.6 Å². The second-order valence-corrected chi connectivity index (χ2v) is 6.16. The summed E-state index contributed by atoms with van der Waals surface area (Å²) in [4.78, 5) is 7.82. The second-order valence-electron chi connectivity index (χ2n) is 4.12. The van der Waals surface area contributed by atoms with Crippen LogP contribution in [0.25, 0.3) is 5.65 Å². The van der Waals surface area contributed by atoms with Crippen LogP contribution in [0.1, 0.15) is 5.89 Å². The van der Waals surface area contributed by atoms with Crippen molar-refractivity contribution in [3.8, 4) is 0 Å². The van der Waals surface area contributed by atoms with Crippen LogP contribution in [-0.4, -0.2) is 34.5 Å². The Kier molecular flexibility index (Phi) is 3.62. The van der Waals surface area contributed by atoms with Gasteiger partial charge in [-0.1, -0.05) is 22.8 Å². The Morgan fingerprint density at radius 1 is 1.38 bits per heavy atom. The van der Waals surface area contributed by atoms with Gasteiger partial charge in [0.05, 0.1) is 0 Å². The number of pyridine rings is 1. The zero-order valence-corrected chi connectivity index (χ0v) is 12.2. The predicted molar refractivity (Wildman–Crippen MR) is 73.4 cm³/mol. The van der Waals surface area contributed by atoms with E-state index in [4.69, 9.17) is 16.1 Å². The topological polar surface area (TPSA) is 102 Å². The fourth-order valence-electron chi connectivity index (χ4n) is 1.85. The highest BCUT2D eigenvalue weighted by atomic mass is 35.5. The molecule has 10 heteroatoms. The van der Waals surface area contributed by atoms with E-state index in [-0.39, 0.29) is 23.1 Å². The summed E-state index contributed by atoms with van der Waals surface area (Å²) in [7, 11) is -3.80. The van der Waals surface area contributed by atoms with Crippen LogP contribution in [-0.2, 0) is 16.4 Å². The molecule has 0 atom stereocenters. The largest absolute Gasteiger partial charge is 0.340 e. The first-order valence-corrected chi connectivity index (χ1v) is 7.82. The fourth-order valence-corrected chi connectivity index (χ4v) is 3.52. The number of rotatable bonds is 5. The molecule has 0 aromatic carbocycles. The first-order chi connectivity index (χ1) is 10.1. The first kappa shape index (κ1) is 14.0. The molecular weight excluding hydrogens is 318 g/mol. The van der Waals surface area contributed by atoms with Crippen LogP contribution in [0, 0.1) is 0 Å². The molecule has 0 saturated carbocycles. The van der Waals surface area contributed by atoms with E-state index in [2.05, 4.69) is 19.8 Å². The summed E-state index contributed by atoms with van der Waals surface area (Å²) in [5.41, 5.74) is 0.458. The Morgan fingerprint density at radius 3 is 3.00 bits per heavy atom. The third kappa shape index (κ3) is 2.75. The molecule has 0 bridgehead atoms. The average molecular weight is 328 g/mol. The fraction of sp³-hybridized carbons (Fsp3) is 0.182. The molecule has 21 heavy (non-hydrogen) atoms. The van der Waals surface area contributed by atoms with Crippen LogP contribution in [0.2, 0.25) is 5.15 Å². The number of sulfonamides is 1. The molecule has 0 amide bonds. The van der Waals surface area contributed by atoms with Crippen LogP contribution in [0.3, 0.4) is 0 Å². The van der Waals surface area contributed by atoms with E-state index in [0.717, 1.165) is 0 Å². The highest BCUT2D eigenvalue weighted by molar-refractivity contribution is 7.89. The van der Waals surface area contributed by atoms with Crippen molar-refractivity contribution in [1.82, 2.24) is 24.2 Å². The molecule has 0 fully saturated rings. The maximum Gasteiger partial charge on any atom is 0.259 e. The van der Waals surface area contributed by atoms with Crippen molar-refractivity contribution in [2.24, 2.45) is 0 Å². The number of aromatic nitrogens is 4. The lowest BCUT2D eigenvalue weighted by Gasteiger charge is -2.05. The molecule has 0 radical (unpaired) electrons. The standard InChI is InChI=1S/C11H10ClN5O3S/c12-10-11(17-6-2-1-3-8(17)16-10)21(18,19)15-5-4-9-13-7-14-20-9/h1-3,6-7,15H,4-5H2. The van der Waals surface area contributed by atoms with E-state index in [1.807, 2.05) is 0 Å². The second kappa shape index (κ2) is 5.43. The predicted octanol–water partition coefficient (Wildman–Crippen LogP) is 0.892. The maximum atomic E-state index is 12.3. The van der Waals surface area contributed by atoms with E-state index in [1.54, 1.807) is 24.4 Å². The Balaban J connectivity index is 1.84. The lowest BCUT2D eigenvalue weighted by molar-refractivity contribution is 0.377. The molecule has 0 aliphatic rings. The lowest BCUT2D eigenvalue weighted by Crippen LogP contribution is -2.27. The number of hydrogen-bond acceptors (Lipinski definition) is 6. The molecule has 0 saturated heterocycles. The molecule has 110 valence electrons. The van der Waals surface area contributed by atoms with Crippen molar-refractivity contribution >= 4 is 27.3 Å². The molecule has 0 spiro atoms. The van der Waals surface area contributed by atoms with Crippen LogP contribution in [0.5, 0.6) is 0 Å². The summed E-state index contributed by atoms with van der Waals surface area (Å²) >= 11 is 5.94. The number of hydrogen-bond donors (Lipinski definition) is 1. The molecule has 0 unspecified atom stereocenters. The molecule has 3 heterocycles.